The maximum atomic E-state index is 12.0. The van der Waals surface area contributed by atoms with Crippen molar-refractivity contribution >= 4 is 31.6 Å². The molecule has 3 N–H and O–H groups in total. The van der Waals surface area contributed by atoms with Crippen molar-refractivity contribution in [3.05, 3.63) is 22.7 Å². The van der Waals surface area contributed by atoms with Gasteiger partial charge in [0.05, 0.1) is 11.8 Å². The number of hydrogen-bond donors (Lipinski definition) is 2. The monoisotopic (exact) mass is 306 g/mol. The molecule has 0 aliphatic carbocycles. The van der Waals surface area contributed by atoms with Crippen LogP contribution in [0.1, 0.15) is 0 Å². The Labute approximate surface area is 102 Å². The number of halogens is 1. The summed E-state index contributed by atoms with van der Waals surface area (Å²) in [7, 11) is -3.56. The fourth-order valence-corrected chi connectivity index (χ4v) is 3.50. The van der Waals surface area contributed by atoms with E-state index in [1.807, 2.05) is 0 Å². The second kappa shape index (κ2) is 3.99. The molecule has 2 rings (SSSR count). The van der Waals surface area contributed by atoms with Crippen LogP contribution in [0.3, 0.4) is 0 Å². The first kappa shape index (κ1) is 11.8. The lowest BCUT2D eigenvalue weighted by atomic mass is 10.2. The van der Waals surface area contributed by atoms with Gasteiger partial charge in [0.1, 0.15) is 4.90 Å². The Bertz CT molecular complexity index is 511. The zero-order valence-electron chi connectivity index (χ0n) is 8.30. The van der Waals surface area contributed by atoms with Gasteiger partial charge in [0.25, 0.3) is 0 Å². The highest BCUT2D eigenvalue weighted by molar-refractivity contribution is 9.10. The zero-order chi connectivity index (χ0) is 11.9. The second-order valence-electron chi connectivity index (χ2n) is 3.66. The van der Waals surface area contributed by atoms with E-state index < -0.39 is 16.1 Å². The first-order valence-electron chi connectivity index (χ1n) is 4.64. The van der Waals surface area contributed by atoms with Crippen LogP contribution in [0, 0.1) is 0 Å². The molecule has 0 spiro atoms. The molecule has 1 saturated heterocycles. The van der Waals surface area contributed by atoms with Gasteiger partial charge in [0.2, 0.25) is 10.0 Å². The second-order valence-corrected chi connectivity index (χ2v) is 6.48. The molecule has 5 nitrogen and oxygen atoms in total. The summed E-state index contributed by atoms with van der Waals surface area (Å²) in [6.45, 7) is 0.273. The van der Waals surface area contributed by atoms with Crippen LogP contribution in [0.5, 0.6) is 0 Å². The number of sulfonamides is 1. The minimum absolute atomic E-state index is 0.0857. The average Bonchev–Trinajstić information content (AvgIpc) is 2.12. The molecule has 88 valence electrons. The molecule has 7 heteroatoms. The van der Waals surface area contributed by atoms with E-state index in [1.165, 1.54) is 10.4 Å². The molecular weight excluding hydrogens is 296 g/mol. The van der Waals surface area contributed by atoms with Crippen LogP contribution in [0.2, 0.25) is 0 Å². The van der Waals surface area contributed by atoms with Crippen LogP contribution < -0.4 is 5.73 Å². The summed E-state index contributed by atoms with van der Waals surface area (Å²) in [5, 5.41) is 9.10. The third-order valence-electron chi connectivity index (χ3n) is 2.42. The van der Waals surface area contributed by atoms with Crippen molar-refractivity contribution in [3.63, 3.8) is 0 Å². The number of anilines is 1. The van der Waals surface area contributed by atoms with Crippen LogP contribution in [-0.4, -0.2) is 37.0 Å². The third kappa shape index (κ3) is 1.95. The number of benzene rings is 1. The van der Waals surface area contributed by atoms with Crippen molar-refractivity contribution in [3.8, 4) is 0 Å². The smallest absolute Gasteiger partial charge is 0.245 e. The SMILES string of the molecule is Nc1cc(Br)ccc1S(=O)(=O)N1CC(O)C1. The fraction of sp³-hybridized carbons (Fsp3) is 0.333. The summed E-state index contributed by atoms with van der Waals surface area (Å²) < 4.78 is 26.0. The predicted octanol–water partition coefficient (Wildman–Crippen LogP) is 0.397. The van der Waals surface area contributed by atoms with Crippen LogP contribution in [0.15, 0.2) is 27.6 Å². The highest BCUT2D eigenvalue weighted by Crippen LogP contribution is 2.28. The molecule has 0 atom stereocenters. The highest BCUT2D eigenvalue weighted by Gasteiger charge is 2.36. The molecule has 1 aromatic carbocycles. The molecule has 0 amide bonds. The summed E-state index contributed by atoms with van der Waals surface area (Å²) in [4.78, 5) is 0.0857. The fourth-order valence-electron chi connectivity index (χ4n) is 1.51. The Hall–Kier alpha value is -0.630. The summed E-state index contributed by atoms with van der Waals surface area (Å²) in [5.74, 6) is 0. The maximum absolute atomic E-state index is 12.0. The van der Waals surface area contributed by atoms with Crippen molar-refractivity contribution in [2.45, 2.75) is 11.0 Å². The number of rotatable bonds is 2. The Morgan fingerprint density at radius 3 is 2.56 bits per heavy atom. The Morgan fingerprint density at radius 2 is 2.06 bits per heavy atom. The summed E-state index contributed by atoms with van der Waals surface area (Å²) in [6.07, 6.45) is -0.563. The van der Waals surface area contributed by atoms with Crippen molar-refractivity contribution in [2.75, 3.05) is 18.8 Å². The normalized spacial score (nSPS) is 18.4. The quantitative estimate of drug-likeness (QED) is 0.775. The van der Waals surface area contributed by atoms with Crippen LogP contribution in [-0.2, 0) is 10.0 Å². The summed E-state index contributed by atoms with van der Waals surface area (Å²) in [6, 6.07) is 4.63. The molecule has 1 heterocycles. The predicted molar refractivity (Wildman–Crippen MR) is 63.3 cm³/mol. The standard InChI is InChI=1S/C9H11BrN2O3S/c10-6-1-2-9(8(11)3-6)16(14,15)12-4-7(13)5-12/h1-3,7,13H,4-5,11H2. The van der Waals surface area contributed by atoms with Crippen LogP contribution >= 0.6 is 15.9 Å². The number of β-amino-alcohol motifs (C(OH)–C–C–N with tert-alkyl or cyclic N) is 1. The number of nitrogen functional groups attached to an aromatic ring is 1. The molecule has 0 bridgehead atoms. The Balaban J connectivity index is 2.36. The maximum Gasteiger partial charge on any atom is 0.245 e. The van der Waals surface area contributed by atoms with E-state index in [4.69, 9.17) is 10.8 Å². The minimum atomic E-state index is -3.56. The van der Waals surface area contributed by atoms with Gasteiger partial charge in [-0.25, -0.2) is 8.42 Å². The van der Waals surface area contributed by atoms with Crippen molar-refractivity contribution in [2.24, 2.45) is 0 Å². The summed E-state index contributed by atoms with van der Waals surface area (Å²) >= 11 is 3.21. The summed E-state index contributed by atoms with van der Waals surface area (Å²) in [5.41, 5.74) is 5.86. The van der Waals surface area contributed by atoms with Crippen molar-refractivity contribution in [1.82, 2.24) is 4.31 Å². The van der Waals surface area contributed by atoms with E-state index in [9.17, 15) is 8.42 Å². The van der Waals surface area contributed by atoms with Gasteiger partial charge in [-0.2, -0.15) is 4.31 Å². The molecule has 0 unspecified atom stereocenters. The molecule has 0 aromatic heterocycles. The average molecular weight is 307 g/mol. The molecule has 1 aromatic rings. The zero-order valence-corrected chi connectivity index (χ0v) is 10.7. The lowest BCUT2D eigenvalue weighted by Gasteiger charge is -2.34. The first-order chi connectivity index (χ1) is 7.41. The van der Waals surface area contributed by atoms with Crippen molar-refractivity contribution in [1.29, 1.82) is 0 Å². The van der Waals surface area contributed by atoms with E-state index in [2.05, 4.69) is 15.9 Å². The molecule has 16 heavy (non-hydrogen) atoms. The molecule has 1 aliphatic rings. The van der Waals surface area contributed by atoms with E-state index in [1.54, 1.807) is 12.1 Å². The van der Waals surface area contributed by atoms with Gasteiger partial charge in [-0.3, -0.25) is 0 Å². The lowest BCUT2D eigenvalue weighted by molar-refractivity contribution is 0.0548. The van der Waals surface area contributed by atoms with Crippen LogP contribution in [0.25, 0.3) is 0 Å². The molecule has 0 radical (unpaired) electrons. The first-order valence-corrected chi connectivity index (χ1v) is 6.88. The number of nitrogens with two attached hydrogens (primary N) is 1. The van der Waals surface area contributed by atoms with Gasteiger partial charge < -0.3 is 10.8 Å². The Morgan fingerprint density at radius 1 is 1.44 bits per heavy atom. The third-order valence-corrected chi connectivity index (χ3v) is 4.82. The van der Waals surface area contributed by atoms with Gasteiger partial charge in [0.15, 0.2) is 0 Å². The number of aliphatic hydroxyl groups excluding tert-OH is 1. The van der Waals surface area contributed by atoms with E-state index in [0.29, 0.717) is 0 Å². The van der Waals surface area contributed by atoms with Gasteiger partial charge in [-0.1, -0.05) is 15.9 Å². The molecule has 1 fully saturated rings. The number of nitrogens with zero attached hydrogens (tertiary/aromatic N) is 1. The topological polar surface area (TPSA) is 83.6 Å². The number of hydrogen-bond acceptors (Lipinski definition) is 4. The largest absolute Gasteiger partial charge is 0.398 e. The van der Waals surface area contributed by atoms with E-state index >= 15 is 0 Å². The highest BCUT2D eigenvalue weighted by atomic mass is 79.9. The molecule has 0 saturated carbocycles. The number of aliphatic hydroxyl groups is 1. The van der Waals surface area contributed by atoms with Gasteiger partial charge >= 0.3 is 0 Å². The Kier molecular flexibility index (Phi) is 2.95. The van der Waals surface area contributed by atoms with Crippen molar-refractivity contribution < 1.29 is 13.5 Å². The van der Waals surface area contributed by atoms with Crippen LogP contribution in [0.4, 0.5) is 5.69 Å². The van der Waals surface area contributed by atoms with Gasteiger partial charge in [-0.15, -0.1) is 0 Å². The molecule has 1 aliphatic heterocycles. The van der Waals surface area contributed by atoms with E-state index in [0.717, 1.165) is 4.47 Å². The minimum Gasteiger partial charge on any atom is -0.398 e. The van der Waals surface area contributed by atoms with E-state index in [-0.39, 0.29) is 23.7 Å². The van der Waals surface area contributed by atoms with Gasteiger partial charge in [0, 0.05) is 17.6 Å². The lowest BCUT2D eigenvalue weighted by Crippen LogP contribution is -2.53. The van der Waals surface area contributed by atoms with Gasteiger partial charge in [-0.05, 0) is 18.2 Å². The molecular formula is C9H11BrN2O3S.